The third-order valence-corrected chi connectivity index (χ3v) is 4.23. The first-order valence-corrected chi connectivity index (χ1v) is 7.86. The zero-order chi connectivity index (χ0) is 15.6. The lowest BCUT2D eigenvalue weighted by atomic mass is 9.81. The summed E-state index contributed by atoms with van der Waals surface area (Å²) in [7, 11) is 4.12. The van der Waals surface area contributed by atoms with Crippen LogP contribution in [-0.4, -0.2) is 46.4 Å². The first kappa shape index (κ1) is 16.0. The maximum Gasteiger partial charge on any atom is 0.303 e. The highest BCUT2D eigenvalue weighted by Crippen LogP contribution is 2.38. The first-order chi connectivity index (χ1) is 9.90. The first-order valence-electron chi connectivity index (χ1n) is 7.86. The smallest absolute Gasteiger partial charge is 0.303 e. The van der Waals surface area contributed by atoms with E-state index in [0.29, 0.717) is 5.92 Å². The number of likely N-dealkylation sites (N-methyl/N-ethyl adjacent to an activating group) is 1. The van der Waals surface area contributed by atoms with Gasteiger partial charge in [-0.3, -0.25) is 9.48 Å². The minimum Gasteiger partial charge on any atom is -0.481 e. The number of nitrogens with zero attached hydrogens (tertiary/aromatic N) is 3. The van der Waals surface area contributed by atoms with Crippen molar-refractivity contribution in [1.82, 2.24) is 14.7 Å². The molecule has 21 heavy (non-hydrogen) atoms. The van der Waals surface area contributed by atoms with Gasteiger partial charge in [0.25, 0.3) is 0 Å². The van der Waals surface area contributed by atoms with Gasteiger partial charge in [0.15, 0.2) is 0 Å². The van der Waals surface area contributed by atoms with Gasteiger partial charge in [0.2, 0.25) is 0 Å². The number of carbonyl (C=O) groups is 1. The molecule has 1 aliphatic rings. The molecule has 0 spiro atoms. The molecule has 2 rings (SSSR count). The second kappa shape index (κ2) is 6.60. The molecule has 1 atom stereocenters. The Hall–Kier alpha value is -1.36. The Morgan fingerprint density at radius 3 is 2.76 bits per heavy atom. The van der Waals surface area contributed by atoms with Crippen LogP contribution in [0.3, 0.4) is 0 Å². The fourth-order valence-corrected chi connectivity index (χ4v) is 3.22. The molecular weight excluding hydrogens is 266 g/mol. The fraction of sp³-hybridized carbons (Fsp3) is 0.750. The predicted octanol–water partition coefficient (Wildman–Crippen LogP) is 2.46. The van der Waals surface area contributed by atoms with Crippen molar-refractivity contribution in [3.63, 3.8) is 0 Å². The summed E-state index contributed by atoms with van der Waals surface area (Å²) in [5.74, 6) is -0.228. The summed E-state index contributed by atoms with van der Waals surface area (Å²) in [6.45, 7) is 6.12. The van der Waals surface area contributed by atoms with Crippen molar-refractivity contribution >= 4 is 5.97 Å². The molecule has 0 bridgehead atoms. The second-order valence-electron chi connectivity index (χ2n) is 6.61. The monoisotopic (exact) mass is 293 g/mol. The van der Waals surface area contributed by atoms with E-state index in [4.69, 9.17) is 10.2 Å². The van der Waals surface area contributed by atoms with Gasteiger partial charge < -0.3 is 10.0 Å². The number of carboxylic acids is 1. The zero-order valence-electron chi connectivity index (χ0n) is 13.6. The van der Waals surface area contributed by atoms with Gasteiger partial charge in [-0.1, -0.05) is 13.8 Å². The van der Waals surface area contributed by atoms with Gasteiger partial charge in [0.1, 0.15) is 0 Å². The van der Waals surface area contributed by atoms with E-state index in [1.165, 1.54) is 11.3 Å². The van der Waals surface area contributed by atoms with E-state index in [1.807, 2.05) is 0 Å². The van der Waals surface area contributed by atoms with Crippen molar-refractivity contribution in [1.29, 1.82) is 0 Å². The van der Waals surface area contributed by atoms with E-state index in [0.717, 1.165) is 38.0 Å². The van der Waals surface area contributed by atoms with Crippen LogP contribution in [0.4, 0.5) is 0 Å². The Bertz CT molecular complexity index is 506. The summed E-state index contributed by atoms with van der Waals surface area (Å²) in [6.07, 6.45) is 3.29. The summed E-state index contributed by atoms with van der Waals surface area (Å²) < 4.78 is 2.12. The molecule has 118 valence electrons. The SMILES string of the molecule is CC(C)c1nn(CCN(C)C)c2c1C(CC(=O)O)CCC2. The third kappa shape index (κ3) is 3.64. The number of carboxylic acid groups (broad SMARTS) is 1. The van der Waals surface area contributed by atoms with Crippen LogP contribution in [0.5, 0.6) is 0 Å². The van der Waals surface area contributed by atoms with Gasteiger partial charge in [-0.2, -0.15) is 5.10 Å². The van der Waals surface area contributed by atoms with Crippen LogP contribution < -0.4 is 0 Å². The van der Waals surface area contributed by atoms with Crippen LogP contribution in [0.1, 0.15) is 61.9 Å². The average molecular weight is 293 g/mol. The van der Waals surface area contributed by atoms with Crippen LogP contribution >= 0.6 is 0 Å². The molecule has 5 nitrogen and oxygen atoms in total. The summed E-state index contributed by atoms with van der Waals surface area (Å²) in [4.78, 5) is 13.3. The van der Waals surface area contributed by atoms with Gasteiger partial charge in [0.05, 0.1) is 18.7 Å². The molecule has 1 heterocycles. The molecule has 0 saturated carbocycles. The topological polar surface area (TPSA) is 58.4 Å². The number of hydrogen-bond acceptors (Lipinski definition) is 3. The summed E-state index contributed by atoms with van der Waals surface area (Å²) in [6, 6.07) is 0. The zero-order valence-corrected chi connectivity index (χ0v) is 13.6. The molecule has 0 aromatic carbocycles. The van der Waals surface area contributed by atoms with Crippen molar-refractivity contribution in [3.8, 4) is 0 Å². The van der Waals surface area contributed by atoms with Gasteiger partial charge in [-0.15, -0.1) is 0 Å². The van der Waals surface area contributed by atoms with Gasteiger partial charge in [-0.25, -0.2) is 0 Å². The quantitative estimate of drug-likeness (QED) is 0.875. The van der Waals surface area contributed by atoms with Crippen LogP contribution in [0, 0.1) is 0 Å². The second-order valence-corrected chi connectivity index (χ2v) is 6.61. The predicted molar refractivity (Wildman–Crippen MR) is 82.8 cm³/mol. The van der Waals surface area contributed by atoms with Crippen LogP contribution in [0.25, 0.3) is 0 Å². The minimum absolute atomic E-state index is 0.136. The maximum atomic E-state index is 11.1. The molecule has 1 N–H and O–H groups in total. The van der Waals surface area contributed by atoms with Crippen molar-refractivity contribution in [2.75, 3.05) is 20.6 Å². The van der Waals surface area contributed by atoms with Crippen molar-refractivity contribution in [3.05, 3.63) is 17.0 Å². The molecular formula is C16H27N3O2. The number of aliphatic carboxylic acids is 1. The third-order valence-electron chi connectivity index (χ3n) is 4.23. The minimum atomic E-state index is -0.705. The molecule has 0 fully saturated rings. The Balaban J connectivity index is 2.36. The molecule has 1 aromatic heterocycles. The van der Waals surface area contributed by atoms with E-state index >= 15 is 0 Å². The molecule has 0 amide bonds. The Morgan fingerprint density at radius 2 is 2.19 bits per heavy atom. The van der Waals surface area contributed by atoms with Crippen LogP contribution in [0.2, 0.25) is 0 Å². The van der Waals surface area contributed by atoms with E-state index in [1.54, 1.807) is 0 Å². The van der Waals surface area contributed by atoms with E-state index < -0.39 is 5.97 Å². The summed E-state index contributed by atoms with van der Waals surface area (Å²) in [5.41, 5.74) is 3.62. The number of aromatic nitrogens is 2. The van der Waals surface area contributed by atoms with E-state index in [2.05, 4.69) is 37.5 Å². The number of rotatable bonds is 6. The van der Waals surface area contributed by atoms with Crippen molar-refractivity contribution < 1.29 is 9.90 Å². The van der Waals surface area contributed by atoms with Crippen LogP contribution in [-0.2, 0) is 17.8 Å². The highest BCUT2D eigenvalue weighted by molar-refractivity contribution is 5.68. The van der Waals surface area contributed by atoms with E-state index in [9.17, 15) is 4.79 Å². The molecule has 0 aliphatic heterocycles. The number of fused-ring (bicyclic) bond motifs is 1. The molecule has 5 heteroatoms. The fourth-order valence-electron chi connectivity index (χ4n) is 3.22. The lowest BCUT2D eigenvalue weighted by Crippen LogP contribution is -2.21. The van der Waals surface area contributed by atoms with Crippen LogP contribution in [0.15, 0.2) is 0 Å². The molecule has 1 unspecified atom stereocenters. The molecule has 1 aromatic rings. The average Bonchev–Trinajstić information content (AvgIpc) is 2.76. The standard InChI is InChI=1S/C16H27N3O2/c1-11(2)16-15-12(10-14(20)21)6-5-7-13(15)19(17-16)9-8-18(3)4/h11-12H,5-10H2,1-4H3,(H,20,21). The van der Waals surface area contributed by atoms with E-state index in [-0.39, 0.29) is 12.3 Å². The number of hydrogen-bond donors (Lipinski definition) is 1. The van der Waals surface area contributed by atoms with Crippen molar-refractivity contribution in [2.45, 2.75) is 57.9 Å². The lowest BCUT2D eigenvalue weighted by molar-refractivity contribution is -0.137. The Labute approximate surface area is 126 Å². The summed E-state index contributed by atoms with van der Waals surface area (Å²) in [5, 5.41) is 14.0. The van der Waals surface area contributed by atoms with Gasteiger partial charge in [-0.05, 0) is 45.2 Å². The maximum absolute atomic E-state index is 11.1. The van der Waals surface area contributed by atoms with Gasteiger partial charge in [0, 0.05) is 17.8 Å². The normalized spacial score (nSPS) is 18.3. The van der Waals surface area contributed by atoms with Crippen molar-refractivity contribution in [2.24, 2.45) is 0 Å². The highest BCUT2D eigenvalue weighted by atomic mass is 16.4. The molecule has 0 radical (unpaired) electrons. The lowest BCUT2D eigenvalue weighted by Gasteiger charge is -2.23. The highest BCUT2D eigenvalue weighted by Gasteiger charge is 2.30. The molecule has 1 aliphatic carbocycles. The summed E-state index contributed by atoms with van der Waals surface area (Å²) >= 11 is 0. The Kier molecular flexibility index (Phi) is 5.04. The van der Waals surface area contributed by atoms with Gasteiger partial charge >= 0.3 is 5.97 Å². The largest absolute Gasteiger partial charge is 0.481 e. The molecule has 0 saturated heterocycles. The Morgan fingerprint density at radius 1 is 1.48 bits per heavy atom.